The van der Waals surface area contributed by atoms with Crippen molar-refractivity contribution >= 4 is 15.9 Å². The lowest BCUT2D eigenvalue weighted by atomic mass is 10.2. The Hall–Kier alpha value is -2.58. The van der Waals surface area contributed by atoms with Gasteiger partial charge in [-0.25, -0.2) is 8.42 Å². The molecule has 4 nitrogen and oxygen atoms in total. The summed E-state index contributed by atoms with van der Waals surface area (Å²) < 4.78 is 30.3. The third-order valence-electron chi connectivity index (χ3n) is 3.10. The minimum Gasteiger partial charge on any atom is -0.497 e. The molecule has 0 heterocycles. The van der Waals surface area contributed by atoms with Crippen LogP contribution in [0.3, 0.4) is 0 Å². The molecule has 2 aromatic rings. The molecule has 5 heteroatoms. The van der Waals surface area contributed by atoms with Crippen LogP contribution < -0.4 is 4.74 Å². The second kappa shape index (κ2) is 6.92. The summed E-state index contributed by atoms with van der Waals surface area (Å²) >= 11 is 0. The Balaban J connectivity index is 2.45. The van der Waals surface area contributed by atoms with E-state index in [0.717, 1.165) is 0 Å². The Kier molecular flexibility index (Phi) is 4.97. The minimum absolute atomic E-state index is 0.0753. The second-order valence-electron chi connectivity index (χ2n) is 4.54. The van der Waals surface area contributed by atoms with E-state index in [2.05, 4.69) is 0 Å². The molecule has 0 unspecified atom stereocenters. The van der Waals surface area contributed by atoms with Crippen molar-refractivity contribution in [2.75, 3.05) is 7.11 Å². The van der Waals surface area contributed by atoms with Crippen LogP contribution in [0, 0.1) is 11.3 Å². The third-order valence-corrected chi connectivity index (χ3v) is 4.94. The number of sulfone groups is 1. The first-order valence-corrected chi connectivity index (χ1v) is 8.08. The molecular weight excluding hydrogens is 298 g/mol. The van der Waals surface area contributed by atoms with Gasteiger partial charge in [-0.2, -0.15) is 5.26 Å². The molecule has 0 N–H and O–H groups in total. The Morgan fingerprint density at radius 3 is 2.32 bits per heavy atom. The first-order valence-electron chi connectivity index (χ1n) is 6.59. The van der Waals surface area contributed by atoms with Crippen molar-refractivity contribution in [3.8, 4) is 11.8 Å². The molecule has 0 saturated carbocycles. The van der Waals surface area contributed by atoms with Crippen LogP contribution in [0.1, 0.15) is 12.0 Å². The van der Waals surface area contributed by atoms with Gasteiger partial charge in [0.1, 0.15) is 5.75 Å². The van der Waals surface area contributed by atoms with Crippen LogP contribution in [-0.2, 0) is 9.84 Å². The zero-order valence-corrected chi connectivity index (χ0v) is 12.9. The third kappa shape index (κ3) is 3.54. The van der Waals surface area contributed by atoms with E-state index < -0.39 is 9.84 Å². The molecule has 0 fully saturated rings. The predicted octanol–water partition coefficient (Wildman–Crippen LogP) is 3.42. The molecule has 22 heavy (non-hydrogen) atoms. The fourth-order valence-corrected chi connectivity index (χ4v) is 3.30. The number of rotatable bonds is 5. The molecule has 0 aliphatic rings. The molecule has 112 valence electrons. The Morgan fingerprint density at radius 1 is 1.14 bits per heavy atom. The number of methoxy groups -OCH3 is 1. The molecule has 0 amide bonds. The average Bonchev–Trinajstić information content (AvgIpc) is 2.56. The smallest absolute Gasteiger partial charge is 0.203 e. The van der Waals surface area contributed by atoms with Crippen LogP contribution in [0.15, 0.2) is 64.4 Å². The van der Waals surface area contributed by atoms with Gasteiger partial charge in [0.15, 0.2) is 0 Å². The van der Waals surface area contributed by atoms with Crippen LogP contribution in [0.4, 0.5) is 0 Å². The van der Waals surface area contributed by atoms with Crippen LogP contribution >= 0.6 is 0 Å². The minimum atomic E-state index is -3.67. The van der Waals surface area contributed by atoms with Crippen LogP contribution in [0.5, 0.6) is 5.75 Å². The zero-order chi connectivity index (χ0) is 16.0. The van der Waals surface area contributed by atoms with Crippen molar-refractivity contribution < 1.29 is 13.2 Å². The van der Waals surface area contributed by atoms with Crippen LogP contribution in [0.2, 0.25) is 0 Å². The summed E-state index contributed by atoms with van der Waals surface area (Å²) in [6, 6.07) is 17.0. The molecule has 0 bridgehead atoms. The summed E-state index contributed by atoms with van der Waals surface area (Å²) in [5.41, 5.74) is 0.700. The number of hydrogen-bond acceptors (Lipinski definition) is 4. The predicted molar refractivity (Wildman–Crippen MR) is 84.8 cm³/mol. The maximum absolute atomic E-state index is 12.6. The molecule has 0 spiro atoms. The van der Waals surface area contributed by atoms with Gasteiger partial charge >= 0.3 is 0 Å². The number of nitrogens with zero attached hydrogens (tertiary/aromatic N) is 1. The number of hydrogen-bond donors (Lipinski definition) is 0. The molecular formula is C17H15NO3S. The molecule has 0 aromatic heterocycles. The number of ether oxygens (including phenoxy) is 1. The normalized spacial score (nSPS) is 11.7. The van der Waals surface area contributed by atoms with Gasteiger partial charge in [-0.05, 0) is 35.9 Å². The molecule has 0 radical (unpaired) electrons. The SMILES string of the molecule is COc1ccc(/C=C(\CC#N)S(=O)(=O)c2ccccc2)cc1. The fourth-order valence-electron chi connectivity index (χ4n) is 1.94. The Morgan fingerprint density at radius 2 is 1.77 bits per heavy atom. The first-order chi connectivity index (χ1) is 10.6. The van der Waals surface area contributed by atoms with Crippen molar-refractivity contribution in [2.45, 2.75) is 11.3 Å². The highest BCUT2D eigenvalue weighted by Crippen LogP contribution is 2.24. The highest BCUT2D eigenvalue weighted by atomic mass is 32.2. The van der Waals surface area contributed by atoms with Gasteiger partial charge in [-0.15, -0.1) is 0 Å². The standard InChI is InChI=1S/C17H15NO3S/c1-21-15-9-7-14(8-10-15)13-17(11-12-18)22(19,20)16-5-3-2-4-6-16/h2-10,13H,11H2,1H3/b17-13+. The van der Waals surface area contributed by atoms with E-state index >= 15 is 0 Å². The van der Waals surface area contributed by atoms with Crippen molar-refractivity contribution in [2.24, 2.45) is 0 Å². The summed E-state index contributed by atoms with van der Waals surface area (Å²) in [5.74, 6) is 0.685. The molecule has 0 atom stereocenters. The highest BCUT2D eigenvalue weighted by Gasteiger charge is 2.20. The van der Waals surface area contributed by atoms with E-state index in [9.17, 15) is 8.42 Å². The van der Waals surface area contributed by atoms with Gasteiger partial charge in [0.2, 0.25) is 9.84 Å². The quantitative estimate of drug-likeness (QED) is 0.848. The van der Waals surface area contributed by atoms with Crippen LogP contribution in [0.25, 0.3) is 6.08 Å². The van der Waals surface area contributed by atoms with E-state index in [1.165, 1.54) is 18.2 Å². The van der Waals surface area contributed by atoms with Gasteiger partial charge in [0.25, 0.3) is 0 Å². The van der Waals surface area contributed by atoms with Crippen molar-refractivity contribution in [3.63, 3.8) is 0 Å². The molecule has 2 rings (SSSR count). The number of benzene rings is 2. The summed E-state index contributed by atoms with van der Waals surface area (Å²) in [4.78, 5) is 0.261. The first kappa shape index (κ1) is 15.8. The van der Waals surface area contributed by atoms with Gasteiger partial charge in [0.05, 0.1) is 29.4 Å². The molecule has 2 aromatic carbocycles. The van der Waals surface area contributed by atoms with Gasteiger partial charge < -0.3 is 4.74 Å². The summed E-state index contributed by atoms with van der Waals surface area (Å²) in [6.07, 6.45) is 1.34. The molecule has 0 saturated heterocycles. The van der Waals surface area contributed by atoms with E-state index in [1.807, 2.05) is 6.07 Å². The highest BCUT2D eigenvalue weighted by molar-refractivity contribution is 7.95. The lowest BCUT2D eigenvalue weighted by Gasteiger charge is -2.07. The lowest BCUT2D eigenvalue weighted by molar-refractivity contribution is 0.415. The Bertz CT molecular complexity index is 801. The van der Waals surface area contributed by atoms with Crippen molar-refractivity contribution in [1.82, 2.24) is 0 Å². The van der Waals surface area contributed by atoms with Crippen molar-refractivity contribution in [3.05, 3.63) is 65.1 Å². The summed E-state index contributed by atoms with van der Waals surface area (Å²) in [7, 11) is -2.11. The van der Waals surface area contributed by atoms with E-state index in [-0.39, 0.29) is 16.2 Å². The molecule has 0 aliphatic carbocycles. The summed E-state index contributed by atoms with van der Waals surface area (Å²) in [6.45, 7) is 0. The van der Waals surface area contributed by atoms with Gasteiger partial charge in [0, 0.05) is 0 Å². The average molecular weight is 313 g/mol. The van der Waals surface area contributed by atoms with Crippen LogP contribution in [-0.4, -0.2) is 15.5 Å². The topological polar surface area (TPSA) is 67.2 Å². The molecule has 0 aliphatic heterocycles. The second-order valence-corrected chi connectivity index (χ2v) is 6.54. The lowest BCUT2D eigenvalue weighted by Crippen LogP contribution is -2.04. The van der Waals surface area contributed by atoms with Gasteiger partial charge in [-0.1, -0.05) is 30.3 Å². The fraction of sp³-hybridized carbons (Fsp3) is 0.118. The van der Waals surface area contributed by atoms with E-state index in [0.29, 0.717) is 11.3 Å². The Labute approximate surface area is 130 Å². The maximum Gasteiger partial charge on any atom is 0.203 e. The van der Waals surface area contributed by atoms with Gasteiger partial charge in [-0.3, -0.25) is 0 Å². The summed E-state index contributed by atoms with van der Waals surface area (Å²) in [5, 5.41) is 8.93. The zero-order valence-electron chi connectivity index (χ0n) is 12.1. The van der Waals surface area contributed by atoms with E-state index in [1.54, 1.807) is 49.6 Å². The van der Waals surface area contributed by atoms with Crippen molar-refractivity contribution in [1.29, 1.82) is 5.26 Å². The largest absolute Gasteiger partial charge is 0.497 e. The number of allylic oxidation sites excluding steroid dienone is 1. The monoisotopic (exact) mass is 313 g/mol. The maximum atomic E-state index is 12.6. The van der Waals surface area contributed by atoms with E-state index in [4.69, 9.17) is 10.00 Å². The number of nitriles is 1.